The Labute approximate surface area is 148 Å². The highest BCUT2D eigenvalue weighted by molar-refractivity contribution is 6.30. The number of ether oxygens (including phenoxy) is 1. The second-order valence-electron chi connectivity index (χ2n) is 5.16. The van der Waals surface area contributed by atoms with Crippen LogP contribution in [0.25, 0.3) is 11.0 Å². The van der Waals surface area contributed by atoms with Crippen LogP contribution in [0.4, 0.5) is 5.69 Å². The first-order valence-electron chi connectivity index (χ1n) is 7.59. The molecule has 0 radical (unpaired) electrons. The van der Waals surface area contributed by atoms with E-state index in [1.807, 2.05) is 6.92 Å². The van der Waals surface area contributed by atoms with Gasteiger partial charge in [-0.15, -0.1) is 0 Å². The zero-order valence-corrected chi connectivity index (χ0v) is 14.1. The van der Waals surface area contributed by atoms with Crippen LogP contribution in [0.5, 0.6) is 5.75 Å². The van der Waals surface area contributed by atoms with Crippen LogP contribution in [0.2, 0.25) is 5.02 Å². The quantitative estimate of drug-likeness (QED) is 0.538. The average Bonchev–Trinajstić information content (AvgIpc) is 2.59. The average molecular weight is 359 g/mol. The Morgan fingerprint density at radius 3 is 2.80 bits per heavy atom. The monoisotopic (exact) mass is 358 g/mol. The molecule has 0 unspecified atom stereocenters. The first kappa shape index (κ1) is 16.9. The van der Waals surface area contributed by atoms with E-state index in [1.54, 1.807) is 42.5 Å². The first-order chi connectivity index (χ1) is 12.1. The van der Waals surface area contributed by atoms with E-state index in [0.29, 0.717) is 28.5 Å². The van der Waals surface area contributed by atoms with Crippen LogP contribution in [0, 0.1) is 0 Å². The molecule has 0 aliphatic heterocycles. The Morgan fingerprint density at radius 2 is 2.04 bits per heavy atom. The Bertz CT molecular complexity index is 984. The lowest BCUT2D eigenvalue weighted by Crippen LogP contribution is -2.30. The lowest BCUT2D eigenvalue weighted by atomic mass is 10.1. The summed E-state index contributed by atoms with van der Waals surface area (Å²) in [5.74, 6) is 0.0924. The predicted octanol–water partition coefficient (Wildman–Crippen LogP) is 3.60. The summed E-state index contributed by atoms with van der Waals surface area (Å²) in [5, 5.41) is 1.04. The number of rotatable bonds is 5. The number of nitrogens with one attached hydrogen (secondary N) is 2. The van der Waals surface area contributed by atoms with Crippen molar-refractivity contribution in [3.05, 3.63) is 69.5 Å². The number of anilines is 1. The maximum atomic E-state index is 12.5. The van der Waals surface area contributed by atoms with Crippen molar-refractivity contribution in [2.75, 3.05) is 12.0 Å². The molecule has 0 fully saturated rings. The summed E-state index contributed by atoms with van der Waals surface area (Å²) in [5.41, 5.74) is 5.78. The van der Waals surface area contributed by atoms with Gasteiger partial charge >= 0.3 is 5.63 Å². The molecule has 3 rings (SSSR count). The molecule has 7 heteroatoms. The van der Waals surface area contributed by atoms with Crippen LogP contribution in [-0.2, 0) is 0 Å². The van der Waals surface area contributed by atoms with Gasteiger partial charge in [-0.05, 0) is 37.3 Å². The second-order valence-corrected chi connectivity index (χ2v) is 5.60. The fourth-order valence-electron chi connectivity index (χ4n) is 2.35. The van der Waals surface area contributed by atoms with Gasteiger partial charge in [0.2, 0.25) is 0 Å². The molecule has 3 aromatic rings. The summed E-state index contributed by atoms with van der Waals surface area (Å²) >= 11 is 5.90. The summed E-state index contributed by atoms with van der Waals surface area (Å²) in [6.45, 7) is 2.34. The highest BCUT2D eigenvalue weighted by Gasteiger charge is 2.14. The third-order valence-corrected chi connectivity index (χ3v) is 3.65. The van der Waals surface area contributed by atoms with Gasteiger partial charge in [-0.1, -0.05) is 17.7 Å². The van der Waals surface area contributed by atoms with Crippen LogP contribution in [-0.4, -0.2) is 12.5 Å². The van der Waals surface area contributed by atoms with Crippen molar-refractivity contribution >= 4 is 34.2 Å². The van der Waals surface area contributed by atoms with E-state index in [-0.39, 0.29) is 11.1 Å². The third-order valence-electron chi connectivity index (χ3n) is 3.42. The predicted molar refractivity (Wildman–Crippen MR) is 96.2 cm³/mol. The Balaban J connectivity index is 1.88. The van der Waals surface area contributed by atoms with Gasteiger partial charge in [0.15, 0.2) is 0 Å². The van der Waals surface area contributed by atoms with Gasteiger partial charge in [0.25, 0.3) is 5.91 Å². The molecule has 1 aromatic heterocycles. The topological polar surface area (TPSA) is 80.6 Å². The van der Waals surface area contributed by atoms with E-state index in [4.69, 9.17) is 20.8 Å². The van der Waals surface area contributed by atoms with Crippen molar-refractivity contribution in [1.29, 1.82) is 0 Å². The molecule has 6 nitrogen and oxygen atoms in total. The largest absolute Gasteiger partial charge is 0.494 e. The first-order valence-corrected chi connectivity index (χ1v) is 7.97. The summed E-state index contributed by atoms with van der Waals surface area (Å²) in [4.78, 5) is 24.2. The number of benzene rings is 2. The molecule has 0 aliphatic carbocycles. The van der Waals surface area contributed by atoms with Crippen LogP contribution in [0.3, 0.4) is 0 Å². The number of carbonyl (C=O) groups is 1. The van der Waals surface area contributed by atoms with Gasteiger partial charge < -0.3 is 9.15 Å². The number of hydrogen-bond donors (Lipinski definition) is 2. The minimum absolute atomic E-state index is 0.198. The molecular weight excluding hydrogens is 344 g/mol. The lowest BCUT2D eigenvalue weighted by molar-refractivity contribution is 0.0963. The van der Waals surface area contributed by atoms with Crippen LogP contribution >= 0.6 is 11.6 Å². The molecule has 1 amide bonds. The Kier molecular flexibility index (Phi) is 4.90. The van der Waals surface area contributed by atoms with Crippen molar-refractivity contribution in [3.63, 3.8) is 0 Å². The van der Waals surface area contributed by atoms with Gasteiger partial charge in [-0.25, -0.2) is 4.79 Å². The molecule has 25 heavy (non-hydrogen) atoms. The maximum absolute atomic E-state index is 12.5. The molecule has 128 valence electrons. The molecular formula is C18H15ClN2O4. The fraction of sp³-hybridized carbons (Fsp3) is 0.111. The molecule has 0 saturated carbocycles. The third kappa shape index (κ3) is 3.92. The molecule has 0 saturated heterocycles. The van der Waals surface area contributed by atoms with Crippen molar-refractivity contribution in [2.24, 2.45) is 0 Å². The molecule has 2 N–H and O–H groups in total. The van der Waals surface area contributed by atoms with Gasteiger partial charge in [-0.3, -0.25) is 15.6 Å². The lowest BCUT2D eigenvalue weighted by Gasteiger charge is -2.10. The van der Waals surface area contributed by atoms with Crippen molar-refractivity contribution in [1.82, 2.24) is 5.43 Å². The molecule has 0 atom stereocenters. The number of fused-ring (bicyclic) bond motifs is 1. The number of carbonyl (C=O) groups excluding carboxylic acids is 1. The van der Waals surface area contributed by atoms with E-state index < -0.39 is 11.5 Å². The van der Waals surface area contributed by atoms with Gasteiger partial charge in [-0.2, -0.15) is 0 Å². The fourth-order valence-corrected chi connectivity index (χ4v) is 2.54. The van der Waals surface area contributed by atoms with E-state index in [1.165, 1.54) is 0 Å². The van der Waals surface area contributed by atoms with Crippen molar-refractivity contribution in [3.8, 4) is 5.75 Å². The van der Waals surface area contributed by atoms with E-state index >= 15 is 0 Å². The Hall–Kier alpha value is -2.99. The van der Waals surface area contributed by atoms with Crippen LogP contribution in [0.1, 0.15) is 17.3 Å². The Morgan fingerprint density at radius 1 is 1.20 bits per heavy atom. The molecule has 0 bridgehead atoms. The summed E-state index contributed by atoms with van der Waals surface area (Å²) < 4.78 is 10.5. The normalized spacial score (nSPS) is 10.5. The van der Waals surface area contributed by atoms with E-state index in [9.17, 15) is 9.59 Å². The van der Waals surface area contributed by atoms with Crippen LogP contribution in [0.15, 0.2) is 57.7 Å². The van der Waals surface area contributed by atoms with E-state index in [2.05, 4.69) is 10.9 Å². The zero-order chi connectivity index (χ0) is 17.8. The molecule has 2 aromatic carbocycles. The van der Waals surface area contributed by atoms with Gasteiger partial charge in [0.05, 0.1) is 17.9 Å². The summed E-state index contributed by atoms with van der Waals surface area (Å²) in [7, 11) is 0. The van der Waals surface area contributed by atoms with Crippen molar-refractivity contribution < 1.29 is 13.9 Å². The number of hydrogen-bond acceptors (Lipinski definition) is 5. The molecule has 1 heterocycles. The minimum atomic E-state index is -0.617. The van der Waals surface area contributed by atoms with Gasteiger partial charge in [0.1, 0.15) is 11.3 Å². The SMILES string of the molecule is CCOc1ccc2c(C(=O)NNc3cccc(Cl)c3)cc(=O)oc2c1. The highest BCUT2D eigenvalue weighted by Crippen LogP contribution is 2.23. The molecule has 0 spiro atoms. The highest BCUT2D eigenvalue weighted by atomic mass is 35.5. The van der Waals surface area contributed by atoms with Gasteiger partial charge in [0, 0.05) is 22.5 Å². The summed E-state index contributed by atoms with van der Waals surface area (Å²) in [6, 6.07) is 13.0. The second kappa shape index (κ2) is 7.27. The van der Waals surface area contributed by atoms with E-state index in [0.717, 1.165) is 6.07 Å². The zero-order valence-electron chi connectivity index (χ0n) is 13.3. The standard InChI is InChI=1S/C18H15ClN2O4/c1-2-24-13-6-7-14-15(10-17(22)25-16(14)9-13)18(23)21-20-12-5-3-4-11(19)8-12/h3-10,20H,2H2,1H3,(H,21,23). The smallest absolute Gasteiger partial charge is 0.337 e. The minimum Gasteiger partial charge on any atom is -0.494 e. The van der Waals surface area contributed by atoms with Crippen LogP contribution < -0.4 is 21.2 Å². The van der Waals surface area contributed by atoms with Crippen molar-refractivity contribution in [2.45, 2.75) is 6.92 Å². The number of hydrazine groups is 1. The number of halogens is 1. The molecule has 0 aliphatic rings. The number of amides is 1. The maximum Gasteiger partial charge on any atom is 0.337 e. The summed E-state index contributed by atoms with van der Waals surface area (Å²) in [6.07, 6.45) is 0.